The number of carbonyl (C=O) groups is 3. The van der Waals surface area contributed by atoms with Gasteiger partial charge in [0, 0.05) is 39.7 Å². The fourth-order valence-electron chi connectivity index (χ4n) is 4.26. The van der Waals surface area contributed by atoms with Crippen LogP contribution >= 0.6 is 69.0 Å². The maximum absolute atomic E-state index is 13.0. The molecule has 38 heavy (non-hydrogen) atoms. The van der Waals surface area contributed by atoms with Crippen LogP contribution in [0.4, 0.5) is 18.9 Å². The molecule has 1 aliphatic carbocycles. The van der Waals surface area contributed by atoms with Gasteiger partial charge in [-0.3, -0.25) is 14.4 Å². The third-order valence-electron chi connectivity index (χ3n) is 6.25. The zero-order valence-electron chi connectivity index (χ0n) is 19.2. The monoisotopic (exact) mass is 721 g/mol. The zero-order chi connectivity index (χ0) is 28.0. The van der Waals surface area contributed by atoms with E-state index < -0.39 is 59.0 Å². The van der Waals surface area contributed by atoms with Crippen molar-refractivity contribution in [3.8, 4) is 0 Å². The summed E-state index contributed by atoms with van der Waals surface area (Å²) in [5, 5.41) is 6.03. The van der Waals surface area contributed by atoms with Crippen molar-refractivity contribution in [2.45, 2.75) is 35.3 Å². The van der Waals surface area contributed by atoms with Crippen LogP contribution in [-0.4, -0.2) is 52.3 Å². The quantitative estimate of drug-likeness (QED) is 0.257. The summed E-state index contributed by atoms with van der Waals surface area (Å²) in [4.78, 5) is 38.9. The maximum atomic E-state index is 13.0. The molecule has 2 atom stereocenters. The Labute approximate surface area is 249 Å². The Morgan fingerprint density at radius 3 is 2.39 bits per heavy atom. The van der Waals surface area contributed by atoms with Crippen LogP contribution in [0.25, 0.3) is 0 Å². The topological polar surface area (TPSA) is 78.5 Å². The van der Waals surface area contributed by atoms with Gasteiger partial charge in [0.15, 0.2) is 0 Å². The summed E-state index contributed by atoms with van der Waals surface area (Å²) in [5.41, 5.74) is 1.10. The van der Waals surface area contributed by atoms with Crippen molar-refractivity contribution in [1.82, 2.24) is 10.2 Å². The van der Waals surface area contributed by atoms with E-state index >= 15 is 0 Å². The molecule has 204 valence electrons. The van der Waals surface area contributed by atoms with Gasteiger partial charge in [0.25, 0.3) is 5.91 Å². The molecular weight excluding hydrogens is 704 g/mol. The number of nitrogens with one attached hydrogen (secondary N) is 2. The highest BCUT2D eigenvalue weighted by molar-refractivity contribution is 14.1. The number of rotatable bonds is 7. The highest BCUT2D eigenvalue weighted by atomic mass is 127. The van der Waals surface area contributed by atoms with Gasteiger partial charge in [0.05, 0.1) is 29.0 Å². The molecule has 0 aromatic heterocycles. The molecule has 14 heteroatoms. The van der Waals surface area contributed by atoms with Crippen molar-refractivity contribution in [3.05, 3.63) is 61.1 Å². The average Bonchev–Trinajstić information content (AvgIpc) is 3.36. The van der Waals surface area contributed by atoms with E-state index in [1.54, 1.807) is 12.1 Å². The van der Waals surface area contributed by atoms with Crippen LogP contribution in [0.3, 0.4) is 0 Å². The van der Waals surface area contributed by atoms with E-state index in [4.69, 9.17) is 46.4 Å². The molecule has 0 radical (unpaired) electrons. The van der Waals surface area contributed by atoms with Crippen LogP contribution in [0.2, 0.25) is 10.0 Å². The number of amides is 3. The Bertz CT molecular complexity index is 1270. The van der Waals surface area contributed by atoms with E-state index in [2.05, 4.69) is 33.2 Å². The van der Waals surface area contributed by atoms with E-state index in [-0.39, 0.29) is 29.4 Å². The van der Waals surface area contributed by atoms with Crippen LogP contribution in [0.5, 0.6) is 0 Å². The number of hydrogen-bond donors (Lipinski definition) is 2. The van der Waals surface area contributed by atoms with E-state index in [0.717, 1.165) is 9.13 Å². The van der Waals surface area contributed by atoms with Crippen molar-refractivity contribution in [3.63, 3.8) is 0 Å². The number of benzene rings is 2. The minimum atomic E-state index is -4.41. The lowest BCUT2D eigenvalue weighted by Crippen LogP contribution is -2.61. The average molecular weight is 723 g/mol. The third kappa shape index (κ3) is 6.80. The largest absolute Gasteiger partial charge is 0.389 e. The molecular formula is C24H19Cl4F3IN3O3. The first-order valence-electron chi connectivity index (χ1n) is 11.3. The second-order valence-corrected chi connectivity index (χ2v) is 12.6. The second-order valence-electron chi connectivity index (χ2n) is 9.10. The predicted molar refractivity (Wildman–Crippen MR) is 148 cm³/mol. The fraction of sp³-hybridized carbons (Fsp3) is 0.375. The van der Waals surface area contributed by atoms with Gasteiger partial charge in [-0.2, -0.15) is 13.2 Å². The molecule has 1 saturated heterocycles. The van der Waals surface area contributed by atoms with Gasteiger partial charge >= 0.3 is 6.18 Å². The lowest BCUT2D eigenvalue weighted by molar-refractivity contribution is -0.151. The first-order valence-corrected chi connectivity index (χ1v) is 13.8. The Morgan fingerprint density at radius 2 is 1.76 bits per heavy atom. The first-order chi connectivity index (χ1) is 17.7. The maximum Gasteiger partial charge on any atom is 0.389 e. The van der Waals surface area contributed by atoms with Crippen LogP contribution in [0.15, 0.2) is 36.4 Å². The van der Waals surface area contributed by atoms with E-state index in [9.17, 15) is 27.6 Å². The van der Waals surface area contributed by atoms with Gasteiger partial charge in [0.1, 0.15) is 4.33 Å². The Hall–Kier alpha value is -1.47. The minimum absolute atomic E-state index is 0.0751. The summed E-state index contributed by atoms with van der Waals surface area (Å²) in [7, 11) is 0. The molecule has 2 N–H and O–H groups in total. The number of halogens is 8. The Balaban J connectivity index is 1.35. The minimum Gasteiger partial charge on any atom is -0.346 e. The summed E-state index contributed by atoms with van der Waals surface area (Å²) in [5.74, 6) is -2.87. The van der Waals surface area contributed by atoms with E-state index in [1.807, 2.05) is 6.07 Å². The Kier molecular flexibility index (Phi) is 8.69. The molecule has 6 nitrogen and oxygen atoms in total. The number of carbonyl (C=O) groups excluding carboxylic acids is 3. The second kappa shape index (κ2) is 11.2. The van der Waals surface area contributed by atoms with Crippen LogP contribution in [0, 0.1) is 9.49 Å². The molecule has 2 aromatic rings. The van der Waals surface area contributed by atoms with Gasteiger partial charge < -0.3 is 15.5 Å². The van der Waals surface area contributed by atoms with Crippen LogP contribution in [-0.2, 0) is 9.59 Å². The van der Waals surface area contributed by atoms with Crippen molar-refractivity contribution in [2.75, 3.05) is 18.4 Å². The fourth-order valence-corrected chi connectivity index (χ4v) is 6.42. The van der Waals surface area contributed by atoms with Gasteiger partial charge in [-0.25, -0.2) is 0 Å². The van der Waals surface area contributed by atoms with Crippen LogP contribution < -0.4 is 10.6 Å². The molecule has 1 saturated carbocycles. The normalized spacial score (nSPS) is 20.5. The number of nitrogens with zero attached hydrogens (tertiary/aromatic N) is 1. The molecule has 2 unspecified atom stereocenters. The Morgan fingerprint density at radius 1 is 1.08 bits per heavy atom. The van der Waals surface area contributed by atoms with Gasteiger partial charge in [-0.05, 0) is 64.6 Å². The van der Waals surface area contributed by atoms with Crippen molar-refractivity contribution < 1.29 is 27.6 Å². The van der Waals surface area contributed by atoms with Crippen LogP contribution in [0.1, 0.15) is 34.7 Å². The van der Waals surface area contributed by atoms with E-state index in [1.165, 1.54) is 23.1 Å². The predicted octanol–water partition coefficient (Wildman–Crippen LogP) is 6.41. The standard InChI is InChI=1S/C24H19Cl4F3IN3O3/c25-12-5-11(6-13(32)7-12)19-20(24(19,27)28)22(38)33-14-1-2-17(26)16(8-14)21(37)34-15-9-35(10-15)18(36)3-4-23(29,30)31/h1-2,5-8,15,19-20H,3-4,9-10H2,(H,33,38)(H,34,37). The molecule has 0 bridgehead atoms. The number of alkyl halides is 5. The summed E-state index contributed by atoms with van der Waals surface area (Å²) in [6.07, 6.45) is -6.24. The van der Waals surface area contributed by atoms with Gasteiger partial charge in [-0.15, -0.1) is 23.2 Å². The van der Waals surface area contributed by atoms with Crippen molar-refractivity contribution >= 4 is 92.4 Å². The van der Waals surface area contributed by atoms with Crippen molar-refractivity contribution in [2.24, 2.45) is 5.92 Å². The number of likely N-dealkylation sites (tertiary alicyclic amines) is 1. The first kappa shape index (κ1) is 29.5. The summed E-state index contributed by atoms with van der Waals surface area (Å²) in [6, 6.07) is 9.23. The molecule has 0 spiro atoms. The summed E-state index contributed by atoms with van der Waals surface area (Å²) >= 11 is 27.3. The zero-order valence-corrected chi connectivity index (χ0v) is 24.4. The highest BCUT2D eigenvalue weighted by Crippen LogP contribution is 2.65. The molecule has 3 amide bonds. The SMILES string of the molecule is O=C(NC1CN(C(=O)CCC(F)(F)F)C1)c1cc(NC(=O)C2C(c3cc(Cl)cc(I)c3)C2(Cl)Cl)ccc1Cl. The highest BCUT2D eigenvalue weighted by Gasteiger charge is 2.67. The van der Waals surface area contributed by atoms with Crippen molar-refractivity contribution in [1.29, 1.82) is 0 Å². The molecule has 4 rings (SSSR count). The number of hydrogen-bond acceptors (Lipinski definition) is 3. The summed E-state index contributed by atoms with van der Waals surface area (Å²) < 4.78 is 36.5. The smallest absolute Gasteiger partial charge is 0.346 e. The van der Waals surface area contributed by atoms with E-state index in [0.29, 0.717) is 5.02 Å². The lowest BCUT2D eigenvalue weighted by atomic mass is 10.1. The molecule has 2 aromatic carbocycles. The lowest BCUT2D eigenvalue weighted by Gasteiger charge is -2.39. The molecule has 2 aliphatic rings. The summed E-state index contributed by atoms with van der Waals surface area (Å²) in [6.45, 7) is 0.186. The number of anilines is 1. The molecule has 1 heterocycles. The third-order valence-corrected chi connectivity index (χ3v) is 8.36. The molecule has 1 aliphatic heterocycles. The van der Waals surface area contributed by atoms with Gasteiger partial charge in [0.2, 0.25) is 11.8 Å². The molecule has 2 fully saturated rings. The van der Waals surface area contributed by atoms with Gasteiger partial charge in [-0.1, -0.05) is 23.2 Å².